The van der Waals surface area contributed by atoms with Crippen molar-refractivity contribution in [3.63, 3.8) is 0 Å². The smallest absolute Gasteiger partial charge is 0.321 e. The number of hydrogen-bond acceptors (Lipinski definition) is 4. The Kier molecular flexibility index (Phi) is 4.67. The summed E-state index contributed by atoms with van der Waals surface area (Å²) >= 11 is 0. The van der Waals surface area contributed by atoms with E-state index >= 15 is 0 Å². The van der Waals surface area contributed by atoms with Crippen LogP contribution in [0.3, 0.4) is 0 Å². The summed E-state index contributed by atoms with van der Waals surface area (Å²) in [5.41, 5.74) is 2.70. The molecular formula is C20H19N5O3. The molecule has 1 saturated heterocycles. The van der Waals surface area contributed by atoms with E-state index in [9.17, 15) is 9.59 Å². The SMILES string of the molecule is COc1ccccc1-c1cc(NC(=O)c2cccc(N3CCNC3=O)c2)n[nH]1. The van der Waals surface area contributed by atoms with Gasteiger partial charge in [-0.05, 0) is 30.3 Å². The third kappa shape index (κ3) is 3.39. The number of methoxy groups -OCH3 is 1. The van der Waals surface area contributed by atoms with E-state index < -0.39 is 0 Å². The predicted octanol–water partition coefficient (Wildman–Crippen LogP) is 2.87. The Morgan fingerprint density at radius 1 is 1.18 bits per heavy atom. The number of hydrogen-bond donors (Lipinski definition) is 3. The number of urea groups is 1. The third-order valence-corrected chi connectivity index (χ3v) is 4.49. The lowest BCUT2D eigenvalue weighted by atomic mass is 10.1. The molecule has 4 rings (SSSR count). The zero-order valence-electron chi connectivity index (χ0n) is 15.2. The van der Waals surface area contributed by atoms with Gasteiger partial charge in [0.2, 0.25) is 0 Å². The Labute approximate surface area is 161 Å². The second-order valence-electron chi connectivity index (χ2n) is 6.26. The Balaban J connectivity index is 1.52. The topological polar surface area (TPSA) is 99.3 Å². The van der Waals surface area contributed by atoms with Crippen LogP contribution in [0.4, 0.5) is 16.3 Å². The van der Waals surface area contributed by atoms with Crippen LogP contribution in [0.2, 0.25) is 0 Å². The molecule has 8 heteroatoms. The van der Waals surface area contributed by atoms with Gasteiger partial charge in [0.1, 0.15) is 5.75 Å². The lowest BCUT2D eigenvalue weighted by Crippen LogP contribution is -2.27. The van der Waals surface area contributed by atoms with Gasteiger partial charge in [0.25, 0.3) is 5.91 Å². The van der Waals surface area contributed by atoms with Crippen LogP contribution in [0.25, 0.3) is 11.3 Å². The van der Waals surface area contributed by atoms with Gasteiger partial charge in [-0.25, -0.2) is 4.79 Å². The zero-order valence-corrected chi connectivity index (χ0v) is 15.2. The number of aromatic nitrogens is 2. The number of amides is 3. The van der Waals surface area contributed by atoms with Crippen LogP contribution in [-0.2, 0) is 0 Å². The monoisotopic (exact) mass is 377 g/mol. The molecule has 2 heterocycles. The standard InChI is InChI=1S/C20H19N5O3/c1-28-17-8-3-2-7-15(17)16-12-18(24-23-16)22-19(26)13-5-4-6-14(11-13)25-10-9-21-20(25)27/h2-8,11-12H,9-10H2,1H3,(H,21,27)(H2,22,23,24,26). The van der Waals surface area contributed by atoms with E-state index in [0.717, 1.165) is 11.3 Å². The Hall–Kier alpha value is -3.81. The molecule has 28 heavy (non-hydrogen) atoms. The van der Waals surface area contributed by atoms with Crippen molar-refractivity contribution in [3.8, 4) is 17.0 Å². The number of nitrogens with one attached hydrogen (secondary N) is 3. The van der Waals surface area contributed by atoms with Crippen molar-refractivity contribution in [2.24, 2.45) is 0 Å². The van der Waals surface area contributed by atoms with Gasteiger partial charge in [0.05, 0.1) is 12.8 Å². The van der Waals surface area contributed by atoms with Gasteiger partial charge < -0.3 is 15.4 Å². The van der Waals surface area contributed by atoms with Gasteiger partial charge in [-0.2, -0.15) is 5.10 Å². The van der Waals surface area contributed by atoms with E-state index in [0.29, 0.717) is 35.9 Å². The highest BCUT2D eigenvalue weighted by Crippen LogP contribution is 2.29. The number of rotatable bonds is 5. The van der Waals surface area contributed by atoms with Gasteiger partial charge >= 0.3 is 6.03 Å². The summed E-state index contributed by atoms with van der Waals surface area (Å²) in [5, 5.41) is 12.6. The van der Waals surface area contributed by atoms with Crippen molar-refractivity contribution in [1.82, 2.24) is 15.5 Å². The minimum Gasteiger partial charge on any atom is -0.496 e. The van der Waals surface area contributed by atoms with Crippen molar-refractivity contribution >= 4 is 23.4 Å². The van der Waals surface area contributed by atoms with Crippen LogP contribution in [-0.4, -0.2) is 42.3 Å². The highest BCUT2D eigenvalue weighted by molar-refractivity contribution is 6.05. The van der Waals surface area contributed by atoms with Crippen molar-refractivity contribution < 1.29 is 14.3 Å². The van der Waals surface area contributed by atoms with Gasteiger partial charge in [-0.3, -0.25) is 14.8 Å². The summed E-state index contributed by atoms with van der Waals surface area (Å²) < 4.78 is 5.36. The van der Waals surface area contributed by atoms with Gasteiger partial charge in [-0.1, -0.05) is 18.2 Å². The summed E-state index contributed by atoms with van der Waals surface area (Å²) in [4.78, 5) is 26.1. The molecule has 1 aliphatic heterocycles. The lowest BCUT2D eigenvalue weighted by Gasteiger charge is -2.14. The minimum absolute atomic E-state index is 0.161. The average Bonchev–Trinajstić information content (AvgIpc) is 3.37. The third-order valence-electron chi connectivity index (χ3n) is 4.49. The Morgan fingerprint density at radius 2 is 2.04 bits per heavy atom. The number of benzene rings is 2. The van der Waals surface area contributed by atoms with Crippen LogP contribution in [0.5, 0.6) is 5.75 Å². The number of carbonyl (C=O) groups is 2. The normalized spacial score (nSPS) is 13.3. The molecule has 3 N–H and O–H groups in total. The molecule has 142 valence electrons. The molecule has 1 fully saturated rings. The second kappa shape index (κ2) is 7.43. The number of ether oxygens (including phenoxy) is 1. The molecule has 0 unspecified atom stereocenters. The molecule has 0 aliphatic carbocycles. The fourth-order valence-electron chi connectivity index (χ4n) is 3.11. The predicted molar refractivity (Wildman–Crippen MR) is 106 cm³/mol. The second-order valence-corrected chi connectivity index (χ2v) is 6.26. The zero-order chi connectivity index (χ0) is 19.5. The summed E-state index contributed by atoms with van der Waals surface area (Å²) in [6.07, 6.45) is 0. The van der Waals surface area contributed by atoms with E-state index in [2.05, 4.69) is 20.8 Å². The maximum absolute atomic E-state index is 12.6. The summed E-state index contributed by atoms with van der Waals surface area (Å²) in [6, 6.07) is 16.1. The fraction of sp³-hybridized carbons (Fsp3) is 0.150. The number of H-pyrrole nitrogens is 1. The van der Waals surface area contributed by atoms with Gasteiger partial charge in [-0.15, -0.1) is 0 Å². The lowest BCUT2D eigenvalue weighted by molar-refractivity contribution is 0.102. The van der Waals surface area contributed by atoms with E-state index in [4.69, 9.17) is 4.74 Å². The van der Waals surface area contributed by atoms with Crippen LogP contribution < -0.4 is 20.3 Å². The molecule has 2 aromatic carbocycles. The fourth-order valence-corrected chi connectivity index (χ4v) is 3.11. The van der Waals surface area contributed by atoms with Gasteiger partial charge in [0, 0.05) is 36.0 Å². The first-order valence-electron chi connectivity index (χ1n) is 8.81. The molecule has 0 radical (unpaired) electrons. The summed E-state index contributed by atoms with van der Waals surface area (Å²) in [7, 11) is 1.60. The summed E-state index contributed by atoms with van der Waals surface area (Å²) in [6.45, 7) is 1.17. The Bertz CT molecular complexity index is 1030. The maximum Gasteiger partial charge on any atom is 0.321 e. The van der Waals surface area contributed by atoms with Crippen molar-refractivity contribution in [2.45, 2.75) is 0 Å². The largest absolute Gasteiger partial charge is 0.496 e. The van der Waals surface area contributed by atoms with Crippen molar-refractivity contribution in [3.05, 3.63) is 60.2 Å². The van der Waals surface area contributed by atoms with Crippen molar-refractivity contribution in [2.75, 3.05) is 30.4 Å². The highest BCUT2D eigenvalue weighted by Gasteiger charge is 2.22. The Morgan fingerprint density at radius 3 is 2.82 bits per heavy atom. The molecule has 3 amide bonds. The molecule has 3 aromatic rings. The molecule has 1 aromatic heterocycles. The molecule has 0 spiro atoms. The van der Waals surface area contributed by atoms with Crippen LogP contribution in [0, 0.1) is 0 Å². The summed E-state index contributed by atoms with van der Waals surface area (Å²) in [5.74, 6) is 0.801. The van der Waals surface area contributed by atoms with Crippen LogP contribution in [0.1, 0.15) is 10.4 Å². The molecule has 0 atom stereocenters. The number of nitrogens with zero attached hydrogens (tertiary/aromatic N) is 2. The number of para-hydroxylation sites is 1. The van der Waals surface area contributed by atoms with E-state index in [1.165, 1.54) is 0 Å². The molecule has 0 saturated carbocycles. The van der Waals surface area contributed by atoms with E-state index in [-0.39, 0.29) is 11.9 Å². The molecule has 1 aliphatic rings. The first kappa shape index (κ1) is 17.6. The highest BCUT2D eigenvalue weighted by atomic mass is 16.5. The van der Waals surface area contributed by atoms with E-state index in [1.54, 1.807) is 42.3 Å². The van der Waals surface area contributed by atoms with Gasteiger partial charge in [0.15, 0.2) is 5.82 Å². The first-order valence-corrected chi connectivity index (χ1v) is 8.81. The first-order chi connectivity index (χ1) is 13.7. The number of anilines is 2. The molecular weight excluding hydrogens is 358 g/mol. The average molecular weight is 377 g/mol. The number of aromatic amines is 1. The quantitative estimate of drug-likeness (QED) is 0.637. The maximum atomic E-state index is 12.6. The molecule has 0 bridgehead atoms. The van der Waals surface area contributed by atoms with Crippen molar-refractivity contribution in [1.29, 1.82) is 0 Å². The van der Waals surface area contributed by atoms with Crippen LogP contribution in [0.15, 0.2) is 54.6 Å². The minimum atomic E-state index is -0.306. The van der Waals surface area contributed by atoms with Crippen LogP contribution >= 0.6 is 0 Å². The molecule has 8 nitrogen and oxygen atoms in total. The van der Waals surface area contributed by atoms with E-state index in [1.807, 2.05) is 24.3 Å². The number of carbonyl (C=O) groups excluding carboxylic acids is 2.